The van der Waals surface area contributed by atoms with Crippen molar-refractivity contribution in [1.82, 2.24) is 0 Å². The molecule has 78 valence electrons. The van der Waals surface area contributed by atoms with Crippen LogP contribution < -0.4 is 0 Å². The minimum Gasteiger partial charge on any atom is -0.0622 e. The van der Waals surface area contributed by atoms with E-state index in [-0.39, 0.29) is 0 Å². The van der Waals surface area contributed by atoms with Gasteiger partial charge in [-0.15, -0.1) is 0 Å². The zero-order valence-electron chi connectivity index (χ0n) is 9.66. The fraction of sp³-hybridized carbons (Fsp3) is 1.00. The van der Waals surface area contributed by atoms with Crippen molar-refractivity contribution < 1.29 is 0 Å². The second kappa shape index (κ2) is 2.08. The van der Waals surface area contributed by atoms with Gasteiger partial charge in [0.2, 0.25) is 0 Å². The maximum Gasteiger partial charge on any atom is -0.0235 e. The summed E-state index contributed by atoms with van der Waals surface area (Å²) in [5.41, 5.74) is 0.774. The Kier molecular flexibility index (Phi) is 1.22. The lowest BCUT2D eigenvalue weighted by atomic mass is 9.66. The summed E-state index contributed by atoms with van der Waals surface area (Å²) in [6.45, 7) is 7.50. The van der Waals surface area contributed by atoms with Gasteiger partial charge in [-0.1, -0.05) is 20.8 Å². The zero-order chi connectivity index (χ0) is 9.66. The molecule has 0 heterocycles. The van der Waals surface area contributed by atoms with Gasteiger partial charge in [-0.05, 0) is 66.1 Å². The fourth-order valence-corrected chi connectivity index (χ4v) is 5.98. The van der Waals surface area contributed by atoms with Crippen molar-refractivity contribution in [3.63, 3.8) is 0 Å². The Bertz CT molecular complexity index is 268. The third-order valence-electron chi connectivity index (χ3n) is 6.83. The summed E-state index contributed by atoms with van der Waals surface area (Å²) in [7, 11) is 0. The van der Waals surface area contributed by atoms with E-state index in [1.54, 1.807) is 19.3 Å². The Hall–Kier alpha value is 0. The van der Waals surface area contributed by atoms with Gasteiger partial charge in [-0.25, -0.2) is 0 Å². The molecule has 4 aliphatic carbocycles. The van der Waals surface area contributed by atoms with Crippen LogP contribution in [0.25, 0.3) is 0 Å². The van der Waals surface area contributed by atoms with Crippen LogP contribution in [0, 0.1) is 46.8 Å². The average molecular weight is 190 g/mol. The van der Waals surface area contributed by atoms with E-state index in [0.29, 0.717) is 0 Å². The van der Waals surface area contributed by atoms with Crippen LogP contribution in [0.2, 0.25) is 0 Å². The van der Waals surface area contributed by atoms with Crippen LogP contribution in [0.4, 0.5) is 0 Å². The van der Waals surface area contributed by atoms with E-state index < -0.39 is 0 Å². The standard InChI is InChI=1S/C14H22/c1-7(2)14(3)12-10-8-4-5-9(6-8)11(10)13(12)14/h7-13H,4-6H2,1-3H3/t8-,9+,10+,11-,12-,13+,14?. The molecule has 0 aliphatic heterocycles. The lowest BCUT2D eigenvalue weighted by Crippen LogP contribution is -2.34. The van der Waals surface area contributed by atoms with Gasteiger partial charge in [-0.3, -0.25) is 0 Å². The van der Waals surface area contributed by atoms with Crippen molar-refractivity contribution in [1.29, 1.82) is 0 Å². The van der Waals surface area contributed by atoms with Crippen LogP contribution in [0.3, 0.4) is 0 Å². The Morgan fingerprint density at radius 1 is 1.00 bits per heavy atom. The molecule has 0 radical (unpaired) electrons. The average Bonchev–Trinajstić information content (AvgIpc) is 2.46. The molecule has 0 N–H and O–H groups in total. The summed E-state index contributed by atoms with van der Waals surface area (Å²) in [6.07, 6.45) is 4.79. The van der Waals surface area contributed by atoms with Crippen molar-refractivity contribution in [3.8, 4) is 0 Å². The van der Waals surface area contributed by atoms with Crippen LogP contribution in [0.1, 0.15) is 40.0 Å². The third-order valence-corrected chi connectivity index (χ3v) is 6.83. The maximum atomic E-state index is 2.59. The Labute approximate surface area is 87.5 Å². The van der Waals surface area contributed by atoms with Crippen LogP contribution in [0.5, 0.6) is 0 Å². The second-order valence-electron chi connectivity index (χ2n) is 7.06. The molecule has 0 heteroatoms. The zero-order valence-corrected chi connectivity index (χ0v) is 9.66. The van der Waals surface area contributed by atoms with Crippen LogP contribution in [-0.4, -0.2) is 0 Å². The lowest BCUT2D eigenvalue weighted by molar-refractivity contribution is 0.0851. The highest BCUT2D eigenvalue weighted by Crippen LogP contribution is 2.85. The molecule has 0 aromatic heterocycles. The van der Waals surface area contributed by atoms with Crippen LogP contribution in [0.15, 0.2) is 0 Å². The number of rotatable bonds is 1. The molecule has 0 spiro atoms. The topological polar surface area (TPSA) is 0 Å². The molecule has 1 unspecified atom stereocenters. The molecule has 4 saturated carbocycles. The number of fused-ring (bicyclic) bond motifs is 8. The first-order valence-electron chi connectivity index (χ1n) is 6.65. The van der Waals surface area contributed by atoms with Gasteiger partial charge >= 0.3 is 0 Å². The molecular formula is C14H22. The molecule has 14 heavy (non-hydrogen) atoms. The van der Waals surface area contributed by atoms with E-state index in [0.717, 1.165) is 11.3 Å². The van der Waals surface area contributed by atoms with Gasteiger partial charge in [-0.2, -0.15) is 0 Å². The maximum absolute atomic E-state index is 2.59. The summed E-state index contributed by atoms with van der Waals surface area (Å²) in [5.74, 6) is 8.02. The highest BCUT2D eigenvalue weighted by molar-refractivity contribution is 5.28. The van der Waals surface area contributed by atoms with E-state index in [4.69, 9.17) is 0 Å². The number of hydrogen-bond donors (Lipinski definition) is 0. The smallest absolute Gasteiger partial charge is 0.0235 e. The molecule has 0 aromatic carbocycles. The quantitative estimate of drug-likeness (QED) is 0.593. The largest absolute Gasteiger partial charge is 0.0622 e. The van der Waals surface area contributed by atoms with Gasteiger partial charge in [0.1, 0.15) is 0 Å². The minimum atomic E-state index is 0.774. The van der Waals surface area contributed by atoms with E-state index in [1.807, 2.05) is 0 Å². The molecule has 0 amide bonds. The fourth-order valence-electron chi connectivity index (χ4n) is 5.98. The first-order chi connectivity index (χ1) is 6.65. The molecule has 4 aliphatic rings. The first-order valence-corrected chi connectivity index (χ1v) is 6.65. The van der Waals surface area contributed by atoms with Crippen LogP contribution in [-0.2, 0) is 0 Å². The van der Waals surface area contributed by atoms with E-state index in [1.165, 1.54) is 35.5 Å². The van der Waals surface area contributed by atoms with Gasteiger partial charge in [0.05, 0.1) is 0 Å². The summed E-state index contributed by atoms with van der Waals surface area (Å²) < 4.78 is 0. The monoisotopic (exact) mass is 190 g/mol. The highest BCUT2D eigenvalue weighted by Gasteiger charge is 2.81. The molecule has 0 nitrogen and oxygen atoms in total. The predicted octanol–water partition coefficient (Wildman–Crippen LogP) is 3.57. The highest BCUT2D eigenvalue weighted by atomic mass is 14.8. The summed E-state index contributed by atoms with van der Waals surface area (Å²) in [6, 6.07) is 0. The van der Waals surface area contributed by atoms with Gasteiger partial charge in [0.25, 0.3) is 0 Å². The normalized spacial score (nSPS) is 67.7. The molecule has 7 atom stereocenters. The molecule has 0 aromatic rings. The summed E-state index contributed by atoms with van der Waals surface area (Å²) in [5, 5.41) is 0. The van der Waals surface area contributed by atoms with Gasteiger partial charge < -0.3 is 0 Å². The van der Waals surface area contributed by atoms with Crippen molar-refractivity contribution in [2.45, 2.75) is 40.0 Å². The Balaban J connectivity index is 1.67. The van der Waals surface area contributed by atoms with Crippen molar-refractivity contribution in [3.05, 3.63) is 0 Å². The second-order valence-corrected chi connectivity index (χ2v) is 7.06. The molecule has 0 saturated heterocycles. The molecule has 2 bridgehead atoms. The van der Waals surface area contributed by atoms with Crippen LogP contribution >= 0.6 is 0 Å². The molecule has 4 fully saturated rings. The molecular weight excluding hydrogens is 168 g/mol. The Morgan fingerprint density at radius 3 is 1.93 bits per heavy atom. The van der Waals surface area contributed by atoms with Crippen molar-refractivity contribution in [2.75, 3.05) is 0 Å². The van der Waals surface area contributed by atoms with E-state index in [9.17, 15) is 0 Å². The van der Waals surface area contributed by atoms with Gasteiger partial charge in [0, 0.05) is 0 Å². The van der Waals surface area contributed by atoms with Gasteiger partial charge in [0.15, 0.2) is 0 Å². The van der Waals surface area contributed by atoms with E-state index in [2.05, 4.69) is 20.8 Å². The minimum absolute atomic E-state index is 0.774. The van der Waals surface area contributed by atoms with Crippen molar-refractivity contribution in [2.24, 2.45) is 46.8 Å². The number of hydrogen-bond acceptors (Lipinski definition) is 0. The molecule has 4 rings (SSSR count). The lowest BCUT2D eigenvalue weighted by Gasteiger charge is -2.39. The first kappa shape index (κ1) is 8.19. The van der Waals surface area contributed by atoms with E-state index >= 15 is 0 Å². The SMILES string of the molecule is CC(C)C1(C)[C@@H]2[C@H]3[C@@H]4CC[C@@H](C4)[C@H]3[C@@H]21. The summed E-state index contributed by atoms with van der Waals surface area (Å²) >= 11 is 0. The predicted molar refractivity (Wildman–Crippen MR) is 57.7 cm³/mol. The summed E-state index contributed by atoms with van der Waals surface area (Å²) in [4.78, 5) is 0. The Morgan fingerprint density at radius 2 is 1.50 bits per heavy atom. The third kappa shape index (κ3) is 0.605. The van der Waals surface area contributed by atoms with Crippen molar-refractivity contribution >= 4 is 0 Å².